The van der Waals surface area contributed by atoms with Gasteiger partial charge in [0.25, 0.3) is 0 Å². The Balaban J connectivity index is 3.16. The highest BCUT2D eigenvalue weighted by Gasteiger charge is 2.05. The first kappa shape index (κ1) is 14.4. The standard InChI is InChI=1S/C17H23N/c1-6-18-17(11-10-13(2)3)16-9-7-8-14(4)15(5)12-16/h6-8,10-12H,9H2,1-5H3/b17-11-,18-6?. The quantitative estimate of drug-likeness (QED) is 0.478. The lowest BCUT2D eigenvalue weighted by Crippen LogP contribution is -1.87. The molecule has 1 nitrogen and oxygen atoms in total. The summed E-state index contributed by atoms with van der Waals surface area (Å²) >= 11 is 0. The normalized spacial score (nSPS) is 16.9. The van der Waals surface area contributed by atoms with Crippen LogP contribution in [0.5, 0.6) is 0 Å². The molecule has 18 heavy (non-hydrogen) atoms. The fourth-order valence-corrected chi connectivity index (χ4v) is 1.72. The van der Waals surface area contributed by atoms with Gasteiger partial charge in [0.2, 0.25) is 0 Å². The summed E-state index contributed by atoms with van der Waals surface area (Å²) in [6.45, 7) is 10.4. The van der Waals surface area contributed by atoms with Crippen molar-refractivity contribution < 1.29 is 0 Å². The van der Waals surface area contributed by atoms with E-state index in [9.17, 15) is 0 Å². The average Bonchev–Trinajstić information content (AvgIpc) is 2.47. The molecule has 1 aliphatic rings. The Morgan fingerprint density at radius 1 is 1.17 bits per heavy atom. The smallest absolute Gasteiger partial charge is 0.0660 e. The Morgan fingerprint density at radius 2 is 1.89 bits per heavy atom. The summed E-state index contributed by atoms with van der Waals surface area (Å²) in [5.74, 6) is 0. The van der Waals surface area contributed by atoms with Crippen molar-refractivity contribution in [3.05, 3.63) is 58.4 Å². The van der Waals surface area contributed by atoms with E-state index in [1.54, 1.807) is 0 Å². The van der Waals surface area contributed by atoms with Gasteiger partial charge in [-0.05, 0) is 63.8 Å². The van der Waals surface area contributed by atoms with Gasteiger partial charge in [0.1, 0.15) is 0 Å². The fourth-order valence-electron chi connectivity index (χ4n) is 1.72. The molecule has 0 amide bonds. The molecular formula is C17H23N. The van der Waals surface area contributed by atoms with Crippen molar-refractivity contribution >= 4 is 6.21 Å². The second-order valence-electron chi connectivity index (χ2n) is 4.83. The Labute approximate surface area is 111 Å². The van der Waals surface area contributed by atoms with Crippen LogP contribution in [0.15, 0.2) is 63.4 Å². The van der Waals surface area contributed by atoms with E-state index >= 15 is 0 Å². The maximum atomic E-state index is 4.49. The van der Waals surface area contributed by atoms with Gasteiger partial charge in [0.15, 0.2) is 0 Å². The Morgan fingerprint density at radius 3 is 2.50 bits per heavy atom. The van der Waals surface area contributed by atoms with Crippen molar-refractivity contribution in [3.63, 3.8) is 0 Å². The van der Waals surface area contributed by atoms with Crippen LogP contribution in [0.25, 0.3) is 0 Å². The first-order chi connectivity index (χ1) is 8.54. The van der Waals surface area contributed by atoms with Crippen LogP contribution < -0.4 is 0 Å². The monoisotopic (exact) mass is 241 g/mol. The SMILES string of the molecule is CC=N/C(=C\C=C(C)C)C1=CC(C)=C(C)C=CC1. The van der Waals surface area contributed by atoms with Crippen LogP contribution in [0.4, 0.5) is 0 Å². The highest BCUT2D eigenvalue weighted by Crippen LogP contribution is 2.23. The molecule has 0 aromatic rings. The maximum Gasteiger partial charge on any atom is 0.0660 e. The molecule has 0 fully saturated rings. The zero-order chi connectivity index (χ0) is 13.5. The van der Waals surface area contributed by atoms with Crippen LogP contribution in [-0.2, 0) is 0 Å². The summed E-state index contributed by atoms with van der Waals surface area (Å²) in [5, 5.41) is 0. The Bertz CT molecular complexity index is 476. The number of rotatable bonds is 3. The zero-order valence-electron chi connectivity index (χ0n) is 12.1. The fraction of sp³-hybridized carbons (Fsp3) is 0.353. The van der Waals surface area contributed by atoms with E-state index in [4.69, 9.17) is 0 Å². The van der Waals surface area contributed by atoms with Gasteiger partial charge in [-0.25, -0.2) is 0 Å². The molecule has 0 aromatic heterocycles. The molecule has 0 saturated carbocycles. The largest absolute Gasteiger partial charge is 0.261 e. The molecular weight excluding hydrogens is 218 g/mol. The van der Waals surface area contributed by atoms with Crippen LogP contribution in [0, 0.1) is 0 Å². The third kappa shape index (κ3) is 4.33. The minimum Gasteiger partial charge on any atom is -0.261 e. The minimum atomic E-state index is 0.939. The lowest BCUT2D eigenvalue weighted by molar-refractivity contribution is 1.18. The van der Waals surface area contributed by atoms with Gasteiger partial charge in [-0.2, -0.15) is 0 Å². The molecule has 0 spiro atoms. The molecule has 0 radical (unpaired) electrons. The first-order valence-electron chi connectivity index (χ1n) is 6.43. The molecule has 1 aliphatic carbocycles. The van der Waals surface area contributed by atoms with E-state index < -0.39 is 0 Å². The third-order valence-corrected chi connectivity index (χ3v) is 2.89. The van der Waals surface area contributed by atoms with Gasteiger partial charge in [-0.3, -0.25) is 4.99 Å². The van der Waals surface area contributed by atoms with Crippen molar-refractivity contribution in [2.45, 2.75) is 41.0 Å². The molecule has 0 saturated heterocycles. The second-order valence-corrected chi connectivity index (χ2v) is 4.83. The zero-order valence-corrected chi connectivity index (χ0v) is 12.1. The molecule has 0 atom stereocenters. The molecule has 0 unspecified atom stereocenters. The van der Waals surface area contributed by atoms with Crippen LogP contribution in [0.2, 0.25) is 0 Å². The molecule has 1 rings (SSSR count). The summed E-state index contributed by atoms with van der Waals surface area (Å²) in [7, 11) is 0. The summed E-state index contributed by atoms with van der Waals surface area (Å²) in [6, 6.07) is 0. The number of hydrogen-bond donors (Lipinski definition) is 0. The maximum absolute atomic E-state index is 4.49. The minimum absolute atomic E-state index is 0.939. The lowest BCUT2D eigenvalue weighted by atomic mass is 10.1. The Hall–Kier alpha value is -1.63. The molecule has 96 valence electrons. The van der Waals surface area contributed by atoms with E-state index in [1.807, 2.05) is 13.1 Å². The van der Waals surface area contributed by atoms with Gasteiger partial charge in [0.05, 0.1) is 5.70 Å². The van der Waals surface area contributed by atoms with Gasteiger partial charge in [0, 0.05) is 6.21 Å². The number of hydrogen-bond acceptors (Lipinski definition) is 1. The number of aliphatic imine (C=N–C) groups is 1. The van der Waals surface area contributed by atoms with E-state index in [1.165, 1.54) is 22.3 Å². The topological polar surface area (TPSA) is 12.4 Å². The lowest BCUT2D eigenvalue weighted by Gasteiger charge is -2.05. The van der Waals surface area contributed by atoms with Crippen molar-refractivity contribution in [3.8, 4) is 0 Å². The van der Waals surface area contributed by atoms with Crippen molar-refractivity contribution in [2.24, 2.45) is 4.99 Å². The predicted octanol–water partition coefficient (Wildman–Crippen LogP) is 5.15. The summed E-state index contributed by atoms with van der Waals surface area (Å²) in [5.41, 5.74) is 6.25. The molecule has 0 aromatic carbocycles. The molecule has 0 N–H and O–H groups in total. The van der Waals surface area contributed by atoms with Gasteiger partial charge in [-0.1, -0.05) is 29.9 Å². The van der Waals surface area contributed by atoms with E-state index in [-0.39, 0.29) is 0 Å². The first-order valence-corrected chi connectivity index (χ1v) is 6.43. The van der Waals surface area contributed by atoms with Gasteiger partial charge < -0.3 is 0 Å². The highest BCUT2D eigenvalue weighted by atomic mass is 14.7. The molecule has 0 heterocycles. The van der Waals surface area contributed by atoms with Crippen LogP contribution in [0.1, 0.15) is 41.0 Å². The van der Waals surface area contributed by atoms with Crippen molar-refractivity contribution in [2.75, 3.05) is 0 Å². The Kier molecular flexibility index (Phi) is 5.57. The van der Waals surface area contributed by atoms with Crippen molar-refractivity contribution in [1.82, 2.24) is 0 Å². The summed E-state index contributed by atoms with van der Waals surface area (Å²) in [6.07, 6.45) is 13.6. The number of allylic oxidation sites excluding steroid dienone is 9. The van der Waals surface area contributed by atoms with Gasteiger partial charge >= 0.3 is 0 Å². The van der Waals surface area contributed by atoms with Crippen LogP contribution in [-0.4, -0.2) is 6.21 Å². The van der Waals surface area contributed by atoms with E-state index in [2.05, 4.69) is 63.1 Å². The molecule has 0 bridgehead atoms. The summed E-state index contributed by atoms with van der Waals surface area (Å²) < 4.78 is 0. The van der Waals surface area contributed by atoms with Gasteiger partial charge in [-0.15, -0.1) is 0 Å². The number of nitrogens with zero attached hydrogens (tertiary/aromatic N) is 1. The van der Waals surface area contributed by atoms with Crippen molar-refractivity contribution in [1.29, 1.82) is 0 Å². The van der Waals surface area contributed by atoms with E-state index in [0.29, 0.717) is 0 Å². The third-order valence-electron chi connectivity index (χ3n) is 2.89. The van der Waals surface area contributed by atoms with E-state index in [0.717, 1.165) is 12.1 Å². The average molecular weight is 241 g/mol. The van der Waals surface area contributed by atoms with Crippen LogP contribution in [0.3, 0.4) is 0 Å². The second kappa shape index (κ2) is 6.95. The van der Waals surface area contributed by atoms with Crippen LogP contribution >= 0.6 is 0 Å². The molecule has 1 heteroatoms. The summed E-state index contributed by atoms with van der Waals surface area (Å²) in [4.78, 5) is 4.49. The highest BCUT2D eigenvalue weighted by molar-refractivity contribution is 5.58. The predicted molar refractivity (Wildman–Crippen MR) is 81.9 cm³/mol. The molecule has 0 aliphatic heterocycles.